The lowest BCUT2D eigenvalue weighted by molar-refractivity contribution is -0.686. The van der Waals surface area contributed by atoms with Crippen LogP contribution in [0.4, 0.5) is 5.69 Å². The van der Waals surface area contributed by atoms with Crippen LogP contribution in [0.25, 0.3) is 10.6 Å². The zero-order valence-electron chi connectivity index (χ0n) is 12.3. The summed E-state index contributed by atoms with van der Waals surface area (Å²) >= 11 is 1.58. The molecule has 0 saturated heterocycles. The summed E-state index contributed by atoms with van der Waals surface area (Å²) in [5.74, 6) is -0.326. The third-order valence-corrected chi connectivity index (χ3v) is 4.16. The molecule has 0 unspecified atom stereocenters. The maximum Gasteiger partial charge on any atom is 0.287 e. The van der Waals surface area contributed by atoms with E-state index in [-0.39, 0.29) is 40.6 Å². The van der Waals surface area contributed by atoms with Gasteiger partial charge in [-0.15, -0.1) is 11.3 Å². The van der Waals surface area contributed by atoms with E-state index in [1.165, 1.54) is 12.1 Å². The number of nitro benzene ring substituents is 1. The molecule has 0 spiro atoms. The Kier molecular flexibility index (Phi) is 5.88. The zero-order chi connectivity index (χ0) is 16.2. The normalized spacial score (nSPS) is 10.0. The lowest BCUT2D eigenvalue weighted by Gasteiger charge is -2.01. The summed E-state index contributed by atoms with van der Waals surface area (Å²) in [5, 5.41) is 13.0. The zero-order valence-corrected chi connectivity index (χ0v) is 14.7. The summed E-state index contributed by atoms with van der Waals surface area (Å²) in [4.78, 5) is 28.1. The fraction of sp³-hybridized carbons (Fsp3) is 0.0625. The number of hydrogen-bond acceptors (Lipinski definition) is 5. The van der Waals surface area contributed by atoms with E-state index in [1.54, 1.807) is 40.6 Å². The van der Waals surface area contributed by atoms with Gasteiger partial charge < -0.3 is 17.0 Å². The first-order valence-electron chi connectivity index (χ1n) is 6.81. The van der Waals surface area contributed by atoms with Gasteiger partial charge in [0.1, 0.15) is 0 Å². The summed E-state index contributed by atoms with van der Waals surface area (Å²) < 4.78 is 1.61. The second-order valence-corrected chi connectivity index (χ2v) is 5.74. The SMILES string of the molecule is O=C(C[n+]1ccc(-c2cccs2)nc1)c1ccccc1[N+](=O)[O-].[Br-]. The van der Waals surface area contributed by atoms with Gasteiger partial charge in [0, 0.05) is 12.1 Å². The highest BCUT2D eigenvalue weighted by Crippen LogP contribution is 2.21. The molecule has 0 bridgehead atoms. The molecule has 6 nitrogen and oxygen atoms in total. The van der Waals surface area contributed by atoms with Gasteiger partial charge in [-0.05, 0) is 22.5 Å². The number of Topliss-reactive ketones (excluding diaryl/α,β-unsaturated/α-hetero) is 1. The Balaban J connectivity index is 0.00000208. The quantitative estimate of drug-likeness (QED) is 0.257. The molecule has 0 atom stereocenters. The molecule has 0 aliphatic carbocycles. The topological polar surface area (TPSA) is 77.0 Å². The molecule has 1 aromatic carbocycles. The average molecular weight is 406 g/mol. The Morgan fingerprint density at radius 1 is 1.21 bits per heavy atom. The number of benzene rings is 1. The molecule has 24 heavy (non-hydrogen) atoms. The van der Waals surface area contributed by atoms with Crippen molar-refractivity contribution >= 4 is 22.8 Å². The number of hydrogen-bond donors (Lipinski definition) is 0. The second kappa shape index (κ2) is 7.89. The van der Waals surface area contributed by atoms with Gasteiger partial charge in [0.05, 0.1) is 21.6 Å². The fourth-order valence-corrected chi connectivity index (χ4v) is 2.87. The number of carbonyl (C=O) groups is 1. The lowest BCUT2D eigenvalue weighted by Crippen LogP contribution is -3.00. The number of aromatic nitrogens is 2. The molecule has 3 aromatic rings. The van der Waals surface area contributed by atoms with E-state index in [1.807, 2.05) is 23.6 Å². The van der Waals surface area contributed by atoms with Crippen molar-refractivity contribution in [2.45, 2.75) is 6.54 Å². The summed E-state index contributed by atoms with van der Waals surface area (Å²) in [6.45, 7) is 0.00255. The molecule has 0 radical (unpaired) electrons. The predicted octanol–water partition coefficient (Wildman–Crippen LogP) is -0.107. The number of para-hydroxylation sites is 1. The van der Waals surface area contributed by atoms with E-state index in [4.69, 9.17) is 0 Å². The summed E-state index contributed by atoms with van der Waals surface area (Å²) in [6, 6.07) is 11.7. The highest BCUT2D eigenvalue weighted by Gasteiger charge is 2.21. The van der Waals surface area contributed by atoms with Crippen LogP contribution < -0.4 is 21.5 Å². The van der Waals surface area contributed by atoms with E-state index < -0.39 is 4.92 Å². The number of thiophene rings is 1. The van der Waals surface area contributed by atoms with E-state index >= 15 is 0 Å². The van der Waals surface area contributed by atoms with Gasteiger partial charge in [-0.1, -0.05) is 18.2 Å². The van der Waals surface area contributed by atoms with Crippen molar-refractivity contribution in [3.8, 4) is 10.6 Å². The Bertz CT molecular complexity index is 851. The number of rotatable bonds is 5. The van der Waals surface area contributed by atoms with Crippen LogP contribution in [-0.2, 0) is 6.54 Å². The predicted molar refractivity (Wildman–Crippen MR) is 85.2 cm³/mol. The van der Waals surface area contributed by atoms with Crippen molar-refractivity contribution in [2.24, 2.45) is 0 Å². The van der Waals surface area contributed by atoms with Gasteiger partial charge in [-0.25, -0.2) is 4.57 Å². The molecule has 2 aromatic heterocycles. The minimum atomic E-state index is -0.546. The molecule has 0 aliphatic rings. The minimum absolute atomic E-state index is 0. The van der Waals surface area contributed by atoms with Crippen molar-refractivity contribution in [2.75, 3.05) is 0 Å². The first-order valence-corrected chi connectivity index (χ1v) is 7.69. The largest absolute Gasteiger partial charge is 1.00 e. The van der Waals surface area contributed by atoms with Crippen LogP contribution in [0, 0.1) is 10.1 Å². The Morgan fingerprint density at radius 3 is 2.62 bits per heavy atom. The highest BCUT2D eigenvalue weighted by atomic mass is 79.9. The third-order valence-electron chi connectivity index (χ3n) is 3.27. The van der Waals surface area contributed by atoms with E-state index in [0.717, 1.165) is 10.6 Å². The molecule has 0 amide bonds. The van der Waals surface area contributed by atoms with Crippen LogP contribution in [0.1, 0.15) is 10.4 Å². The average Bonchev–Trinajstić information content (AvgIpc) is 3.10. The molecule has 0 saturated carbocycles. The number of halogens is 1. The Labute approximate surface area is 152 Å². The lowest BCUT2D eigenvalue weighted by atomic mass is 10.1. The van der Waals surface area contributed by atoms with Gasteiger partial charge in [0.2, 0.25) is 5.78 Å². The number of ketones is 1. The van der Waals surface area contributed by atoms with E-state index in [2.05, 4.69) is 4.98 Å². The number of nitro groups is 1. The standard InChI is InChI=1S/C16H12N3O3S.BrH/c20-15(12-4-1-2-5-14(12)19(21)22)10-18-8-7-13(17-11-18)16-6-3-9-23-16;/h1-9,11H,10H2;1H/q+1;/p-1. The number of carbonyl (C=O) groups excluding carboxylic acids is 1. The van der Waals surface area contributed by atoms with Crippen LogP contribution in [-0.4, -0.2) is 15.7 Å². The van der Waals surface area contributed by atoms with Crippen molar-refractivity contribution < 1.29 is 31.3 Å². The first kappa shape index (κ1) is 17.9. The van der Waals surface area contributed by atoms with Crippen molar-refractivity contribution in [1.82, 2.24) is 4.98 Å². The van der Waals surface area contributed by atoms with Gasteiger partial charge in [-0.2, -0.15) is 0 Å². The summed E-state index contributed by atoms with van der Waals surface area (Å²) in [7, 11) is 0. The van der Waals surface area contributed by atoms with Gasteiger partial charge in [0.25, 0.3) is 12.0 Å². The van der Waals surface area contributed by atoms with Crippen LogP contribution in [0.15, 0.2) is 60.4 Å². The number of nitrogens with zero attached hydrogens (tertiary/aromatic N) is 3. The van der Waals surface area contributed by atoms with E-state index in [9.17, 15) is 14.9 Å². The van der Waals surface area contributed by atoms with Crippen molar-refractivity contribution in [3.05, 3.63) is 76.0 Å². The molecule has 0 aliphatic heterocycles. The van der Waals surface area contributed by atoms with Crippen LogP contribution >= 0.6 is 11.3 Å². The molecule has 0 N–H and O–H groups in total. The minimum Gasteiger partial charge on any atom is -1.00 e. The third kappa shape index (κ3) is 3.90. The van der Waals surface area contributed by atoms with Crippen molar-refractivity contribution in [3.63, 3.8) is 0 Å². The van der Waals surface area contributed by atoms with Gasteiger partial charge in [-0.3, -0.25) is 14.9 Å². The molecule has 3 rings (SSSR count). The molecular weight excluding hydrogens is 394 g/mol. The van der Waals surface area contributed by atoms with Gasteiger partial charge in [0.15, 0.2) is 12.2 Å². The van der Waals surface area contributed by atoms with E-state index in [0.29, 0.717) is 0 Å². The van der Waals surface area contributed by atoms with Gasteiger partial charge >= 0.3 is 0 Å². The Morgan fingerprint density at radius 2 is 2.00 bits per heavy atom. The highest BCUT2D eigenvalue weighted by molar-refractivity contribution is 7.13. The smallest absolute Gasteiger partial charge is 0.287 e. The monoisotopic (exact) mass is 405 g/mol. The maximum absolute atomic E-state index is 12.3. The molecule has 0 fully saturated rings. The molecule has 8 heteroatoms. The fourth-order valence-electron chi connectivity index (χ4n) is 2.17. The second-order valence-electron chi connectivity index (χ2n) is 4.79. The van der Waals surface area contributed by atoms with Crippen LogP contribution in [0.2, 0.25) is 0 Å². The van der Waals surface area contributed by atoms with Crippen LogP contribution in [0.5, 0.6) is 0 Å². The summed E-state index contributed by atoms with van der Waals surface area (Å²) in [6.07, 6.45) is 3.30. The van der Waals surface area contributed by atoms with Crippen LogP contribution in [0.3, 0.4) is 0 Å². The Hall–Kier alpha value is -2.45. The molecular formula is C16H12BrN3O3S. The summed E-state index contributed by atoms with van der Waals surface area (Å²) in [5.41, 5.74) is 0.753. The van der Waals surface area contributed by atoms with Crippen molar-refractivity contribution in [1.29, 1.82) is 0 Å². The molecule has 122 valence electrons. The maximum atomic E-state index is 12.3. The first-order chi connectivity index (χ1) is 11.1. The molecule has 2 heterocycles.